The molecule has 1 aliphatic rings. The van der Waals surface area contributed by atoms with E-state index in [1.54, 1.807) is 42.5 Å². The van der Waals surface area contributed by atoms with Crippen molar-refractivity contribution in [1.82, 2.24) is 4.90 Å². The molecule has 0 unspecified atom stereocenters. The Balaban J connectivity index is 1.53. The number of carbonyl (C=O) groups excluding carboxylic acids is 2. The van der Waals surface area contributed by atoms with Crippen LogP contribution in [-0.4, -0.2) is 32.2 Å². The Morgan fingerprint density at radius 1 is 1.00 bits per heavy atom. The first-order valence-electron chi connectivity index (χ1n) is 9.48. The van der Waals surface area contributed by atoms with Gasteiger partial charge in [-0.15, -0.1) is 0 Å². The number of carbonyl (C=O) groups is 3. The van der Waals surface area contributed by atoms with Crippen molar-refractivity contribution in [2.75, 3.05) is 0 Å². The predicted octanol–water partition coefficient (Wildman–Crippen LogP) is 5.13. The number of phenols is 1. The van der Waals surface area contributed by atoms with E-state index in [2.05, 4.69) is 0 Å². The molecule has 0 spiro atoms. The third-order valence-electron chi connectivity index (χ3n) is 4.87. The molecule has 3 aromatic rings. The Bertz CT molecular complexity index is 1270. The number of carboxylic acid groups (broad SMARTS) is 1. The fourth-order valence-corrected chi connectivity index (χ4v) is 4.10. The molecular weight excluding hydrogens is 433 g/mol. The molecule has 8 heteroatoms. The molecule has 1 aliphatic heterocycles. The maximum Gasteiger partial charge on any atom is 0.339 e. The van der Waals surface area contributed by atoms with Crippen LogP contribution in [0, 0.1) is 5.82 Å². The van der Waals surface area contributed by atoms with Crippen molar-refractivity contribution in [3.8, 4) is 16.9 Å². The van der Waals surface area contributed by atoms with E-state index in [1.165, 1.54) is 30.3 Å². The van der Waals surface area contributed by atoms with Gasteiger partial charge in [0.2, 0.25) is 0 Å². The average Bonchev–Trinajstić information content (AvgIpc) is 3.02. The summed E-state index contributed by atoms with van der Waals surface area (Å²) in [5, 5.41) is 18.4. The second-order valence-electron chi connectivity index (χ2n) is 7.06. The highest BCUT2D eigenvalue weighted by atomic mass is 32.2. The first kappa shape index (κ1) is 21.3. The monoisotopic (exact) mass is 449 g/mol. The number of carboxylic acids is 1. The fraction of sp³-hybridized carbons (Fsp3) is 0.0417. The highest BCUT2D eigenvalue weighted by Crippen LogP contribution is 2.34. The summed E-state index contributed by atoms with van der Waals surface area (Å²) in [6.45, 7) is -0.00846. The van der Waals surface area contributed by atoms with Crippen LogP contribution in [-0.2, 0) is 11.3 Å². The minimum atomic E-state index is -1.23. The van der Waals surface area contributed by atoms with E-state index in [-0.39, 0.29) is 22.8 Å². The van der Waals surface area contributed by atoms with Crippen molar-refractivity contribution in [2.45, 2.75) is 6.54 Å². The molecule has 0 radical (unpaired) electrons. The number of aromatic hydroxyl groups is 1. The maximum absolute atomic E-state index is 13.4. The lowest BCUT2D eigenvalue weighted by Crippen LogP contribution is -2.27. The third kappa shape index (κ3) is 4.40. The zero-order valence-electron chi connectivity index (χ0n) is 16.5. The van der Waals surface area contributed by atoms with Crippen molar-refractivity contribution < 1.29 is 29.0 Å². The fourth-order valence-electron chi connectivity index (χ4n) is 3.26. The Morgan fingerprint density at radius 2 is 1.72 bits per heavy atom. The number of hydrogen-bond donors (Lipinski definition) is 2. The molecule has 0 aliphatic carbocycles. The van der Waals surface area contributed by atoms with Crippen molar-refractivity contribution in [2.24, 2.45) is 0 Å². The molecule has 0 atom stereocenters. The third-order valence-corrected chi connectivity index (χ3v) is 5.78. The molecule has 3 aromatic carbocycles. The summed E-state index contributed by atoms with van der Waals surface area (Å²) in [5.74, 6) is -2.42. The molecule has 2 N–H and O–H groups in total. The molecule has 0 aromatic heterocycles. The number of aromatic carboxylic acids is 1. The van der Waals surface area contributed by atoms with Crippen LogP contribution in [0.1, 0.15) is 21.5 Å². The number of benzene rings is 3. The number of imide groups is 1. The Morgan fingerprint density at radius 3 is 2.41 bits per heavy atom. The topological polar surface area (TPSA) is 94.9 Å². The van der Waals surface area contributed by atoms with Crippen LogP contribution >= 0.6 is 11.8 Å². The minimum absolute atomic E-state index is 0.00846. The van der Waals surface area contributed by atoms with E-state index in [1.807, 2.05) is 0 Å². The van der Waals surface area contributed by atoms with E-state index < -0.39 is 22.9 Å². The van der Waals surface area contributed by atoms with Crippen LogP contribution in [0.4, 0.5) is 9.18 Å². The molecule has 2 amide bonds. The van der Waals surface area contributed by atoms with Crippen molar-refractivity contribution in [3.05, 3.63) is 94.1 Å². The van der Waals surface area contributed by atoms with Gasteiger partial charge in [0.1, 0.15) is 17.1 Å². The van der Waals surface area contributed by atoms with E-state index >= 15 is 0 Å². The highest BCUT2D eigenvalue weighted by Gasteiger charge is 2.35. The van der Waals surface area contributed by atoms with Gasteiger partial charge in [-0.25, -0.2) is 9.18 Å². The number of nitrogens with zero attached hydrogens (tertiary/aromatic N) is 1. The second-order valence-corrected chi connectivity index (χ2v) is 8.05. The lowest BCUT2D eigenvalue weighted by Gasteiger charge is -2.12. The Kier molecular flexibility index (Phi) is 5.79. The average molecular weight is 449 g/mol. The zero-order chi connectivity index (χ0) is 22.8. The van der Waals surface area contributed by atoms with Gasteiger partial charge in [-0.2, -0.15) is 0 Å². The van der Waals surface area contributed by atoms with Gasteiger partial charge >= 0.3 is 5.97 Å². The first-order valence-corrected chi connectivity index (χ1v) is 10.3. The van der Waals surface area contributed by atoms with Crippen LogP contribution in [0.5, 0.6) is 5.75 Å². The summed E-state index contributed by atoms with van der Waals surface area (Å²) in [5.41, 5.74) is 2.35. The molecule has 0 bridgehead atoms. The van der Waals surface area contributed by atoms with Gasteiger partial charge in [0.25, 0.3) is 11.1 Å². The predicted molar refractivity (Wildman–Crippen MR) is 118 cm³/mol. The van der Waals surface area contributed by atoms with Gasteiger partial charge in [-0.05, 0) is 64.4 Å². The molecule has 32 heavy (non-hydrogen) atoms. The molecule has 1 fully saturated rings. The first-order chi connectivity index (χ1) is 15.3. The molecular formula is C24H16FNO5S. The Hall–Kier alpha value is -3.91. The summed E-state index contributed by atoms with van der Waals surface area (Å²) in [7, 11) is 0. The molecule has 160 valence electrons. The van der Waals surface area contributed by atoms with Gasteiger partial charge < -0.3 is 10.2 Å². The summed E-state index contributed by atoms with van der Waals surface area (Å²) in [4.78, 5) is 37.5. The molecule has 1 saturated heterocycles. The number of amides is 2. The molecule has 6 nitrogen and oxygen atoms in total. The summed E-state index contributed by atoms with van der Waals surface area (Å²) in [6.07, 6.45) is 1.60. The highest BCUT2D eigenvalue weighted by molar-refractivity contribution is 8.18. The van der Waals surface area contributed by atoms with E-state index in [0.717, 1.165) is 22.2 Å². The molecule has 1 heterocycles. The largest absolute Gasteiger partial charge is 0.507 e. The van der Waals surface area contributed by atoms with Crippen LogP contribution in [0.3, 0.4) is 0 Å². The summed E-state index contributed by atoms with van der Waals surface area (Å²) in [6, 6.07) is 17.0. The van der Waals surface area contributed by atoms with E-state index in [0.29, 0.717) is 16.7 Å². The van der Waals surface area contributed by atoms with Gasteiger partial charge in [0, 0.05) is 0 Å². The summed E-state index contributed by atoms with van der Waals surface area (Å²) < 4.78 is 13.4. The number of thioether (sulfide) groups is 1. The maximum atomic E-state index is 13.4. The van der Waals surface area contributed by atoms with E-state index in [9.17, 15) is 23.9 Å². The van der Waals surface area contributed by atoms with Gasteiger partial charge in [-0.3, -0.25) is 14.5 Å². The van der Waals surface area contributed by atoms with Crippen LogP contribution < -0.4 is 0 Å². The quantitative estimate of drug-likeness (QED) is 0.524. The van der Waals surface area contributed by atoms with Crippen LogP contribution in [0.2, 0.25) is 0 Å². The second kappa shape index (κ2) is 8.68. The SMILES string of the molecule is O=C(O)c1cc(-c2ccc(/C=C3\SC(=O)N(Cc4cccc(F)c4)C3=O)cc2)ccc1O. The van der Waals surface area contributed by atoms with Gasteiger partial charge in [0.15, 0.2) is 0 Å². The standard InChI is InChI=1S/C24H16FNO5S/c25-18-3-1-2-15(10-18)13-26-22(28)21(32-24(26)31)11-14-4-6-16(7-5-14)17-8-9-20(27)19(12-17)23(29)30/h1-12,27H,13H2,(H,29,30)/b21-11-. The van der Waals surface area contributed by atoms with Gasteiger partial charge in [-0.1, -0.05) is 42.5 Å². The van der Waals surface area contributed by atoms with Crippen molar-refractivity contribution in [1.29, 1.82) is 0 Å². The van der Waals surface area contributed by atoms with Crippen LogP contribution in [0.15, 0.2) is 71.6 Å². The normalized spacial score (nSPS) is 14.9. The van der Waals surface area contributed by atoms with Crippen molar-refractivity contribution in [3.63, 3.8) is 0 Å². The number of rotatable bonds is 5. The lowest BCUT2D eigenvalue weighted by atomic mass is 10.0. The number of halogens is 1. The van der Waals surface area contributed by atoms with Crippen molar-refractivity contribution >= 4 is 35.0 Å². The zero-order valence-corrected chi connectivity index (χ0v) is 17.3. The number of hydrogen-bond acceptors (Lipinski definition) is 5. The summed E-state index contributed by atoms with van der Waals surface area (Å²) >= 11 is 0.819. The van der Waals surface area contributed by atoms with E-state index in [4.69, 9.17) is 5.11 Å². The lowest BCUT2D eigenvalue weighted by molar-refractivity contribution is -0.123. The smallest absolute Gasteiger partial charge is 0.339 e. The molecule has 0 saturated carbocycles. The minimum Gasteiger partial charge on any atom is -0.507 e. The van der Waals surface area contributed by atoms with Gasteiger partial charge in [0.05, 0.1) is 11.4 Å². The molecule has 4 rings (SSSR count). The Labute approximate surface area is 186 Å². The van der Waals surface area contributed by atoms with Crippen LogP contribution in [0.25, 0.3) is 17.2 Å².